The molecule has 0 spiro atoms. The van der Waals surface area contributed by atoms with Crippen LogP contribution in [0.5, 0.6) is 0 Å². The number of halogens is 1. The van der Waals surface area contributed by atoms with E-state index in [1.165, 1.54) is 11.8 Å². The van der Waals surface area contributed by atoms with Crippen LogP contribution in [0.1, 0.15) is 11.1 Å². The average molecular weight is 309 g/mol. The Morgan fingerprint density at radius 2 is 1.56 bits per heavy atom. The van der Waals surface area contributed by atoms with Gasteiger partial charge in [-0.2, -0.15) is 0 Å². The molecule has 2 rings (SSSR count). The topological polar surface area (TPSA) is 66.2 Å². The van der Waals surface area contributed by atoms with Crippen LogP contribution in [-0.2, 0) is 0 Å². The van der Waals surface area contributed by atoms with Crippen LogP contribution in [0, 0.1) is 13.8 Å². The summed E-state index contributed by atoms with van der Waals surface area (Å²) < 4.78 is 0.931. The van der Waals surface area contributed by atoms with E-state index in [4.69, 9.17) is 10.0 Å². The Labute approximate surface area is 115 Å². The number of pyridine rings is 2. The molecule has 4 nitrogen and oxygen atoms in total. The summed E-state index contributed by atoms with van der Waals surface area (Å²) in [7, 11) is -1.46. The highest BCUT2D eigenvalue weighted by molar-refractivity contribution is 9.10. The molecule has 18 heavy (non-hydrogen) atoms. The molecule has 0 aliphatic heterocycles. The molecule has 0 radical (unpaired) electrons. The average Bonchev–Trinajstić information content (AvgIpc) is 2.34. The molecule has 0 bridgehead atoms. The molecule has 2 aromatic rings. The fourth-order valence-electron chi connectivity index (χ4n) is 1.23. The minimum Gasteiger partial charge on any atom is -0.422 e. The Morgan fingerprint density at radius 1 is 1.00 bits per heavy atom. The van der Waals surface area contributed by atoms with Crippen molar-refractivity contribution in [3.8, 4) is 0 Å². The Balaban J connectivity index is 0.000000184. The molecule has 2 heterocycles. The molecule has 0 saturated heterocycles. The lowest BCUT2D eigenvalue weighted by Gasteiger charge is -1.99. The number of hydrogen-bond donors (Lipinski definition) is 2. The van der Waals surface area contributed by atoms with Gasteiger partial charge in [-0.3, -0.25) is 4.98 Å². The summed E-state index contributed by atoms with van der Waals surface area (Å²) in [4.78, 5) is 7.77. The first-order valence-electron chi connectivity index (χ1n) is 5.37. The number of nitrogens with zero attached hydrogens (tertiary/aromatic N) is 2. The predicted molar refractivity (Wildman–Crippen MR) is 75.5 cm³/mol. The quantitative estimate of drug-likeness (QED) is 0.614. The van der Waals surface area contributed by atoms with Crippen molar-refractivity contribution in [2.24, 2.45) is 0 Å². The molecule has 0 amide bonds. The van der Waals surface area contributed by atoms with Crippen molar-refractivity contribution in [2.75, 3.05) is 0 Å². The van der Waals surface area contributed by atoms with Crippen LogP contribution < -0.4 is 5.59 Å². The van der Waals surface area contributed by atoms with Gasteiger partial charge in [0.15, 0.2) is 0 Å². The standard InChI is InChI=1S/C6H8BNO2.C6H6BrN/c1-5-3-2-4-8-6(5)7(9)10;1-5-3-2-4-8-6(5)7/h2-4,9-10H,1H3;2-4H,1H3. The largest absolute Gasteiger partial charge is 0.508 e. The van der Waals surface area contributed by atoms with Gasteiger partial charge >= 0.3 is 7.12 Å². The number of hydrogen-bond acceptors (Lipinski definition) is 4. The van der Waals surface area contributed by atoms with Crippen LogP contribution in [0.15, 0.2) is 41.3 Å². The second-order valence-electron chi connectivity index (χ2n) is 3.69. The van der Waals surface area contributed by atoms with E-state index in [1.807, 2.05) is 19.1 Å². The van der Waals surface area contributed by atoms with Gasteiger partial charge in [0.1, 0.15) is 4.60 Å². The maximum atomic E-state index is 8.70. The van der Waals surface area contributed by atoms with Gasteiger partial charge in [-0.05, 0) is 53.0 Å². The Hall–Kier alpha value is -1.24. The molecular weight excluding hydrogens is 295 g/mol. The Morgan fingerprint density at radius 3 is 1.89 bits per heavy atom. The maximum Gasteiger partial charge on any atom is 0.508 e. The fourth-order valence-corrected chi connectivity index (χ4v) is 1.49. The summed E-state index contributed by atoms with van der Waals surface area (Å²) >= 11 is 3.28. The summed E-state index contributed by atoms with van der Waals surface area (Å²) in [6, 6.07) is 7.46. The number of aromatic nitrogens is 2. The van der Waals surface area contributed by atoms with Crippen molar-refractivity contribution in [3.63, 3.8) is 0 Å². The molecule has 6 heteroatoms. The third kappa shape index (κ3) is 4.56. The minimum absolute atomic E-state index is 0.322. The molecule has 2 N–H and O–H groups in total. The van der Waals surface area contributed by atoms with Gasteiger partial charge in [0.05, 0.1) is 5.59 Å². The van der Waals surface area contributed by atoms with E-state index in [9.17, 15) is 0 Å². The van der Waals surface area contributed by atoms with Crippen LogP contribution in [0.25, 0.3) is 0 Å². The van der Waals surface area contributed by atoms with Gasteiger partial charge in [-0.1, -0.05) is 12.1 Å². The molecular formula is C12H14BBrN2O2. The third-order valence-electron chi connectivity index (χ3n) is 2.24. The van der Waals surface area contributed by atoms with Gasteiger partial charge < -0.3 is 10.0 Å². The smallest absolute Gasteiger partial charge is 0.422 e. The lowest BCUT2D eigenvalue weighted by molar-refractivity contribution is 0.424. The van der Waals surface area contributed by atoms with Gasteiger partial charge in [0, 0.05) is 12.4 Å². The van der Waals surface area contributed by atoms with Crippen LogP contribution in [0.2, 0.25) is 0 Å². The number of rotatable bonds is 1. The monoisotopic (exact) mass is 308 g/mol. The van der Waals surface area contributed by atoms with E-state index >= 15 is 0 Å². The summed E-state index contributed by atoms with van der Waals surface area (Å²) in [6.45, 7) is 3.79. The highest BCUT2D eigenvalue weighted by atomic mass is 79.9. The Bertz CT molecular complexity index is 488. The minimum atomic E-state index is -1.46. The lowest BCUT2D eigenvalue weighted by atomic mass is 9.83. The number of aryl methyl sites for hydroxylation is 2. The molecule has 0 aliphatic rings. The molecule has 0 aliphatic carbocycles. The van der Waals surface area contributed by atoms with Crippen molar-refractivity contribution in [2.45, 2.75) is 13.8 Å². The van der Waals surface area contributed by atoms with E-state index in [-0.39, 0.29) is 0 Å². The van der Waals surface area contributed by atoms with Crippen molar-refractivity contribution in [1.82, 2.24) is 9.97 Å². The zero-order chi connectivity index (χ0) is 13.5. The van der Waals surface area contributed by atoms with Gasteiger partial charge in [0.25, 0.3) is 0 Å². The van der Waals surface area contributed by atoms with Gasteiger partial charge in [0.2, 0.25) is 0 Å². The van der Waals surface area contributed by atoms with E-state index in [2.05, 4.69) is 25.9 Å². The summed E-state index contributed by atoms with van der Waals surface area (Å²) in [5.41, 5.74) is 2.28. The molecule has 0 fully saturated rings. The normalized spacial score (nSPS) is 9.39. The lowest BCUT2D eigenvalue weighted by Crippen LogP contribution is -2.34. The van der Waals surface area contributed by atoms with Crippen molar-refractivity contribution >= 4 is 28.6 Å². The zero-order valence-electron chi connectivity index (χ0n) is 10.2. The van der Waals surface area contributed by atoms with Crippen LogP contribution >= 0.6 is 15.9 Å². The van der Waals surface area contributed by atoms with Crippen molar-refractivity contribution < 1.29 is 10.0 Å². The van der Waals surface area contributed by atoms with E-state index in [1.54, 1.807) is 25.3 Å². The van der Waals surface area contributed by atoms with E-state index in [0.717, 1.165) is 10.2 Å². The molecule has 0 aromatic carbocycles. The highest BCUT2D eigenvalue weighted by Crippen LogP contribution is 2.09. The fraction of sp³-hybridized carbons (Fsp3) is 0.167. The van der Waals surface area contributed by atoms with Gasteiger partial charge in [-0.25, -0.2) is 4.98 Å². The first-order chi connectivity index (χ1) is 8.52. The molecule has 0 saturated carbocycles. The second kappa shape index (κ2) is 7.26. The predicted octanol–water partition coefficient (Wildman–Crippen LogP) is 1.22. The SMILES string of the molecule is Cc1cccnc1B(O)O.Cc1cccnc1Br. The highest BCUT2D eigenvalue weighted by Gasteiger charge is 2.13. The maximum absolute atomic E-state index is 8.70. The first kappa shape index (κ1) is 14.8. The summed E-state index contributed by atoms with van der Waals surface area (Å²) in [6.07, 6.45) is 3.29. The summed E-state index contributed by atoms with van der Waals surface area (Å²) in [5.74, 6) is 0. The third-order valence-corrected chi connectivity index (χ3v) is 3.07. The van der Waals surface area contributed by atoms with Crippen LogP contribution in [0.3, 0.4) is 0 Å². The molecule has 94 valence electrons. The molecule has 0 atom stereocenters. The van der Waals surface area contributed by atoms with Crippen LogP contribution in [0.4, 0.5) is 0 Å². The van der Waals surface area contributed by atoms with Gasteiger partial charge in [-0.15, -0.1) is 0 Å². The van der Waals surface area contributed by atoms with Crippen molar-refractivity contribution in [3.05, 3.63) is 52.4 Å². The van der Waals surface area contributed by atoms with Crippen molar-refractivity contribution in [1.29, 1.82) is 0 Å². The molecule has 2 aromatic heterocycles. The van der Waals surface area contributed by atoms with Crippen LogP contribution in [-0.4, -0.2) is 27.1 Å². The summed E-state index contributed by atoms with van der Waals surface area (Å²) in [5, 5.41) is 17.4. The van der Waals surface area contributed by atoms with E-state index < -0.39 is 7.12 Å². The first-order valence-corrected chi connectivity index (χ1v) is 6.16. The zero-order valence-corrected chi connectivity index (χ0v) is 11.8. The second-order valence-corrected chi connectivity index (χ2v) is 4.44. The van der Waals surface area contributed by atoms with E-state index in [0.29, 0.717) is 5.59 Å². The molecule has 0 unspecified atom stereocenters. The Kier molecular flexibility index (Phi) is 5.98.